The Labute approximate surface area is 146 Å². The van der Waals surface area contributed by atoms with E-state index in [2.05, 4.69) is 4.74 Å². The zero-order valence-electron chi connectivity index (χ0n) is 14.7. The lowest BCUT2D eigenvalue weighted by Crippen LogP contribution is -2.18. The minimum atomic E-state index is -4.27. The Morgan fingerprint density at radius 1 is 1.04 bits per heavy atom. The van der Waals surface area contributed by atoms with Crippen molar-refractivity contribution >= 4 is 11.8 Å². The van der Waals surface area contributed by atoms with E-state index in [4.69, 9.17) is 0 Å². The fourth-order valence-electron chi connectivity index (χ4n) is 2.75. The maximum Gasteiger partial charge on any atom is 0.389 e. The van der Waals surface area contributed by atoms with Gasteiger partial charge in [-0.25, -0.2) is 4.79 Å². The van der Waals surface area contributed by atoms with Crippen LogP contribution < -0.4 is 0 Å². The molecule has 1 rings (SSSR count). The number of rotatable bonds is 10. The number of benzene rings is 1. The smallest absolute Gasteiger partial charge is 0.389 e. The number of unbranched alkanes of at least 4 members (excludes halogenated alkanes) is 3. The van der Waals surface area contributed by atoms with Gasteiger partial charge in [0.05, 0.1) is 12.7 Å². The molecule has 1 aromatic carbocycles. The third-order valence-corrected chi connectivity index (χ3v) is 4.09. The molecule has 0 heterocycles. The molecule has 0 saturated carbocycles. The monoisotopic (exact) mass is 358 g/mol. The summed E-state index contributed by atoms with van der Waals surface area (Å²) in [5, 5.41) is 0. The molecule has 0 spiro atoms. The van der Waals surface area contributed by atoms with Crippen LogP contribution >= 0.6 is 0 Å². The standard InChI is InChI=1S/C19H25F3O3/c1-3-4-5-6-7-14(13-19(20,21)22)12-17(23)15-8-10-16(11-9-15)18(24)25-2/h8-11,14H,3-7,12-13H2,1-2H3. The fourth-order valence-corrected chi connectivity index (χ4v) is 2.75. The summed E-state index contributed by atoms with van der Waals surface area (Å²) >= 11 is 0. The Hall–Kier alpha value is -1.85. The maximum absolute atomic E-state index is 12.8. The molecule has 0 aliphatic carbocycles. The van der Waals surface area contributed by atoms with E-state index in [0.717, 1.165) is 19.3 Å². The van der Waals surface area contributed by atoms with Crippen molar-refractivity contribution in [1.29, 1.82) is 0 Å². The normalized spacial score (nSPS) is 12.7. The molecule has 0 aliphatic rings. The lowest BCUT2D eigenvalue weighted by Gasteiger charge is -2.18. The van der Waals surface area contributed by atoms with Crippen LogP contribution in [0.5, 0.6) is 0 Å². The Morgan fingerprint density at radius 2 is 1.64 bits per heavy atom. The van der Waals surface area contributed by atoms with Crippen LogP contribution in [0.4, 0.5) is 13.2 Å². The van der Waals surface area contributed by atoms with E-state index in [9.17, 15) is 22.8 Å². The van der Waals surface area contributed by atoms with Crippen LogP contribution in [0.1, 0.15) is 72.6 Å². The van der Waals surface area contributed by atoms with Crippen LogP contribution in [0.25, 0.3) is 0 Å². The average molecular weight is 358 g/mol. The Bertz CT molecular complexity index is 550. The molecule has 140 valence electrons. The molecule has 0 radical (unpaired) electrons. The molecule has 0 N–H and O–H groups in total. The third kappa shape index (κ3) is 8.18. The van der Waals surface area contributed by atoms with Crippen molar-refractivity contribution < 1.29 is 27.5 Å². The number of Topliss-reactive ketones (excluding diaryl/α,β-unsaturated/α-hetero) is 1. The molecule has 1 atom stereocenters. The van der Waals surface area contributed by atoms with Gasteiger partial charge in [0.2, 0.25) is 0 Å². The largest absolute Gasteiger partial charge is 0.465 e. The van der Waals surface area contributed by atoms with Crippen molar-refractivity contribution in [3.63, 3.8) is 0 Å². The van der Waals surface area contributed by atoms with Crippen molar-refractivity contribution in [2.24, 2.45) is 5.92 Å². The maximum atomic E-state index is 12.8. The number of ketones is 1. The van der Waals surface area contributed by atoms with Gasteiger partial charge in [-0.05, 0) is 24.5 Å². The first-order valence-electron chi connectivity index (χ1n) is 8.55. The predicted octanol–water partition coefficient (Wildman–Crippen LogP) is 5.59. The molecular weight excluding hydrogens is 333 g/mol. The molecule has 3 nitrogen and oxygen atoms in total. The van der Waals surface area contributed by atoms with Gasteiger partial charge in [0, 0.05) is 18.4 Å². The number of hydrogen-bond donors (Lipinski definition) is 0. The summed E-state index contributed by atoms with van der Waals surface area (Å²) in [6.45, 7) is 2.04. The van der Waals surface area contributed by atoms with E-state index in [0.29, 0.717) is 24.0 Å². The van der Waals surface area contributed by atoms with Crippen molar-refractivity contribution in [3.05, 3.63) is 35.4 Å². The topological polar surface area (TPSA) is 43.4 Å². The van der Waals surface area contributed by atoms with Gasteiger partial charge in [0.1, 0.15) is 0 Å². The highest BCUT2D eigenvalue weighted by molar-refractivity contribution is 5.97. The third-order valence-electron chi connectivity index (χ3n) is 4.09. The average Bonchev–Trinajstić information content (AvgIpc) is 2.56. The van der Waals surface area contributed by atoms with Gasteiger partial charge in [-0.3, -0.25) is 4.79 Å². The number of methoxy groups -OCH3 is 1. The fraction of sp³-hybridized carbons (Fsp3) is 0.579. The van der Waals surface area contributed by atoms with Crippen LogP contribution in [0.2, 0.25) is 0 Å². The number of halogens is 3. The highest BCUT2D eigenvalue weighted by Gasteiger charge is 2.32. The van der Waals surface area contributed by atoms with Crippen molar-refractivity contribution in [2.45, 2.75) is 58.0 Å². The minimum Gasteiger partial charge on any atom is -0.465 e. The van der Waals surface area contributed by atoms with E-state index in [1.807, 2.05) is 6.92 Å². The highest BCUT2D eigenvalue weighted by Crippen LogP contribution is 2.31. The number of carbonyl (C=O) groups excluding carboxylic acids is 2. The van der Waals surface area contributed by atoms with Gasteiger partial charge in [-0.1, -0.05) is 44.7 Å². The van der Waals surface area contributed by atoms with Crippen LogP contribution in [0.3, 0.4) is 0 Å². The molecule has 0 bridgehead atoms. The van der Waals surface area contributed by atoms with E-state index in [1.165, 1.54) is 31.4 Å². The van der Waals surface area contributed by atoms with E-state index in [1.54, 1.807) is 0 Å². The minimum absolute atomic E-state index is 0.136. The van der Waals surface area contributed by atoms with E-state index >= 15 is 0 Å². The summed E-state index contributed by atoms with van der Waals surface area (Å²) in [5.41, 5.74) is 0.610. The summed E-state index contributed by atoms with van der Waals surface area (Å²) in [7, 11) is 1.25. The number of esters is 1. The van der Waals surface area contributed by atoms with E-state index < -0.39 is 24.5 Å². The summed E-state index contributed by atoms with van der Waals surface area (Å²) in [5.74, 6) is -1.56. The molecule has 0 saturated heterocycles. The molecular formula is C19H25F3O3. The molecule has 25 heavy (non-hydrogen) atoms. The predicted molar refractivity (Wildman–Crippen MR) is 89.7 cm³/mol. The first-order chi connectivity index (χ1) is 11.8. The SMILES string of the molecule is CCCCCCC(CC(=O)c1ccc(C(=O)OC)cc1)CC(F)(F)F. The van der Waals surface area contributed by atoms with Gasteiger partial charge < -0.3 is 4.74 Å². The van der Waals surface area contributed by atoms with Crippen molar-refractivity contribution in [1.82, 2.24) is 0 Å². The second kappa shape index (κ2) is 10.2. The first-order valence-corrected chi connectivity index (χ1v) is 8.55. The quantitative estimate of drug-likeness (QED) is 0.311. The molecule has 1 aromatic rings. The zero-order chi connectivity index (χ0) is 18.9. The van der Waals surface area contributed by atoms with E-state index in [-0.39, 0.29) is 12.2 Å². The molecule has 0 aliphatic heterocycles. The number of carbonyl (C=O) groups is 2. The highest BCUT2D eigenvalue weighted by atomic mass is 19.4. The second-order valence-corrected chi connectivity index (χ2v) is 6.23. The number of alkyl halides is 3. The van der Waals surface area contributed by atoms with Gasteiger partial charge in [-0.2, -0.15) is 13.2 Å². The lowest BCUT2D eigenvalue weighted by molar-refractivity contribution is -0.144. The molecule has 6 heteroatoms. The van der Waals surface area contributed by atoms with Gasteiger partial charge >= 0.3 is 12.1 Å². The molecule has 1 unspecified atom stereocenters. The number of ether oxygens (including phenoxy) is 1. The zero-order valence-corrected chi connectivity index (χ0v) is 14.7. The summed E-state index contributed by atoms with van der Waals surface area (Å²) in [4.78, 5) is 23.7. The van der Waals surface area contributed by atoms with Crippen LogP contribution in [0, 0.1) is 5.92 Å². The van der Waals surface area contributed by atoms with Gasteiger partial charge in [-0.15, -0.1) is 0 Å². The summed E-state index contributed by atoms with van der Waals surface area (Å²) in [6, 6.07) is 5.80. The number of hydrogen-bond acceptors (Lipinski definition) is 3. The van der Waals surface area contributed by atoms with Gasteiger partial charge in [0.15, 0.2) is 5.78 Å². The summed E-state index contributed by atoms with van der Waals surface area (Å²) in [6.07, 6.45) is -1.38. The van der Waals surface area contributed by atoms with Crippen LogP contribution in [-0.2, 0) is 4.74 Å². The van der Waals surface area contributed by atoms with Crippen molar-refractivity contribution in [2.75, 3.05) is 7.11 Å². The Kier molecular flexibility index (Phi) is 8.66. The van der Waals surface area contributed by atoms with Gasteiger partial charge in [0.25, 0.3) is 0 Å². The lowest BCUT2D eigenvalue weighted by atomic mass is 9.90. The first kappa shape index (κ1) is 21.2. The Morgan fingerprint density at radius 3 is 2.16 bits per heavy atom. The van der Waals surface area contributed by atoms with Crippen LogP contribution in [-0.4, -0.2) is 25.0 Å². The second-order valence-electron chi connectivity index (χ2n) is 6.23. The van der Waals surface area contributed by atoms with Crippen molar-refractivity contribution in [3.8, 4) is 0 Å². The van der Waals surface area contributed by atoms with Crippen LogP contribution in [0.15, 0.2) is 24.3 Å². The summed E-state index contributed by atoms with van der Waals surface area (Å²) < 4.78 is 42.8. The molecule has 0 fully saturated rings. The molecule has 0 aromatic heterocycles. The Balaban J connectivity index is 2.70. The molecule has 0 amide bonds.